The Morgan fingerprint density at radius 1 is 1.37 bits per heavy atom. The molecule has 1 aromatic carbocycles. The van der Waals surface area contributed by atoms with Crippen LogP contribution in [0.3, 0.4) is 0 Å². The zero-order chi connectivity index (χ0) is 19.0. The molecule has 3 heterocycles. The van der Waals surface area contributed by atoms with E-state index in [2.05, 4.69) is 17.2 Å². The summed E-state index contributed by atoms with van der Waals surface area (Å²) in [6.45, 7) is 2.63. The van der Waals surface area contributed by atoms with E-state index in [0.717, 1.165) is 18.4 Å². The number of aromatic nitrogens is 1. The third-order valence-electron chi connectivity index (χ3n) is 5.20. The first-order valence-electron chi connectivity index (χ1n) is 8.94. The Labute approximate surface area is 156 Å². The van der Waals surface area contributed by atoms with Crippen LogP contribution in [-0.2, 0) is 11.2 Å². The summed E-state index contributed by atoms with van der Waals surface area (Å²) >= 11 is 0. The molecular weight excluding hydrogens is 349 g/mol. The molecule has 2 aliphatic rings. The summed E-state index contributed by atoms with van der Waals surface area (Å²) in [4.78, 5) is 30.7. The number of nitrogens with zero attached hydrogens (tertiary/aromatic N) is 2. The largest absolute Gasteiger partial charge is 0.466 e. The quantitative estimate of drug-likeness (QED) is 0.903. The van der Waals surface area contributed by atoms with Crippen LogP contribution >= 0.6 is 0 Å². The smallest absolute Gasteiger partial charge is 0.262 e. The fraction of sp³-hybridized carbons (Fsp3) is 0.350. The maximum Gasteiger partial charge on any atom is 0.262 e. The monoisotopic (exact) mass is 369 g/mol. The van der Waals surface area contributed by atoms with Gasteiger partial charge in [0, 0.05) is 18.3 Å². The maximum absolute atomic E-state index is 13.2. The first-order chi connectivity index (χ1) is 12.9. The van der Waals surface area contributed by atoms with Gasteiger partial charge in [-0.05, 0) is 49.9 Å². The molecule has 0 bridgehead atoms. The zero-order valence-corrected chi connectivity index (χ0v) is 15.0. The van der Waals surface area contributed by atoms with Crippen LogP contribution < -0.4 is 10.1 Å². The normalized spacial score (nSPS) is 21.4. The Balaban J connectivity index is 1.58. The molecule has 7 heteroatoms. The van der Waals surface area contributed by atoms with Crippen molar-refractivity contribution in [1.29, 1.82) is 0 Å². The third kappa shape index (κ3) is 3.37. The van der Waals surface area contributed by atoms with Gasteiger partial charge in [-0.3, -0.25) is 9.59 Å². The molecule has 0 saturated carbocycles. The Kier molecular flexibility index (Phi) is 4.30. The number of likely N-dealkylation sites (tertiary alicyclic amines) is 1. The van der Waals surface area contributed by atoms with E-state index in [0.29, 0.717) is 30.1 Å². The zero-order valence-electron chi connectivity index (χ0n) is 15.0. The minimum Gasteiger partial charge on any atom is -0.466 e. The number of carbonyl (C=O) groups excluding carboxylic acids is 2. The van der Waals surface area contributed by atoms with E-state index in [1.54, 1.807) is 18.2 Å². The van der Waals surface area contributed by atoms with Crippen LogP contribution in [0.1, 0.15) is 35.7 Å². The van der Waals surface area contributed by atoms with Crippen LogP contribution in [-0.4, -0.2) is 40.4 Å². The lowest BCUT2D eigenvalue weighted by atomic mass is 9.90. The van der Waals surface area contributed by atoms with E-state index in [-0.39, 0.29) is 29.8 Å². The van der Waals surface area contributed by atoms with Gasteiger partial charge in [0.2, 0.25) is 5.88 Å². The molecule has 27 heavy (non-hydrogen) atoms. The molecule has 1 aromatic heterocycles. The maximum atomic E-state index is 13.2. The molecule has 1 N–H and O–H groups in total. The van der Waals surface area contributed by atoms with Gasteiger partial charge in [0.15, 0.2) is 6.61 Å². The average molecular weight is 369 g/mol. The lowest BCUT2D eigenvalue weighted by molar-refractivity contribution is -0.118. The van der Waals surface area contributed by atoms with Crippen LogP contribution in [0.4, 0.5) is 10.1 Å². The molecule has 1 saturated heterocycles. The molecule has 6 nitrogen and oxygen atoms in total. The minimum atomic E-state index is -0.357. The predicted molar refractivity (Wildman–Crippen MR) is 97.1 cm³/mol. The summed E-state index contributed by atoms with van der Waals surface area (Å²) in [6.07, 6.45) is 3.91. The lowest BCUT2D eigenvalue weighted by Gasteiger charge is -2.36. The molecule has 0 radical (unpaired) electrons. The Bertz CT molecular complexity index is 900. The van der Waals surface area contributed by atoms with Crippen molar-refractivity contribution in [3.8, 4) is 5.88 Å². The van der Waals surface area contributed by atoms with Crippen molar-refractivity contribution < 1.29 is 18.7 Å². The summed E-state index contributed by atoms with van der Waals surface area (Å²) in [5.74, 6) is -0.349. The van der Waals surface area contributed by atoms with Gasteiger partial charge >= 0.3 is 0 Å². The fourth-order valence-electron chi connectivity index (χ4n) is 3.85. The van der Waals surface area contributed by atoms with Gasteiger partial charge in [-0.25, -0.2) is 9.37 Å². The second-order valence-corrected chi connectivity index (χ2v) is 7.27. The summed E-state index contributed by atoms with van der Waals surface area (Å²) in [5, 5.41) is 2.68. The van der Waals surface area contributed by atoms with Crippen LogP contribution in [0.5, 0.6) is 5.88 Å². The number of benzene rings is 1. The molecular formula is C20H20FN3O3. The minimum absolute atomic E-state index is 0.0742. The van der Waals surface area contributed by atoms with Crippen molar-refractivity contribution >= 4 is 17.5 Å². The van der Waals surface area contributed by atoms with Crippen LogP contribution in [0.25, 0.3) is 0 Å². The second-order valence-electron chi connectivity index (χ2n) is 7.27. The molecule has 4 rings (SSSR count). The number of fused-ring (bicyclic) bond motifs is 1. The van der Waals surface area contributed by atoms with E-state index in [1.807, 2.05) is 4.90 Å². The van der Waals surface area contributed by atoms with Gasteiger partial charge in [0.25, 0.3) is 11.8 Å². The topological polar surface area (TPSA) is 71.5 Å². The van der Waals surface area contributed by atoms with Crippen molar-refractivity contribution in [2.45, 2.75) is 31.7 Å². The fourth-order valence-corrected chi connectivity index (χ4v) is 3.85. The average Bonchev–Trinajstić information content (AvgIpc) is 3.03. The van der Waals surface area contributed by atoms with Gasteiger partial charge in [-0.1, -0.05) is 12.1 Å². The SMILES string of the molecule is CC1(Cc2ccc(F)cc2)CCCN1C(=O)c1cnc2c(c1)NC(=O)CO2. The van der Waals surface area contributed by atoms with Crippen LogP contribution in [0, 0.1) is 5.82 Å². The van der Waals surface area contributed by atoms with E-state index in [9.17, 15) is 14.0 Å². The number of rotatable bonds is 3. The highest BCUT2D eigenvalue weighted by atomic mass is 19.1. The molecule has 1 atom stereocenters. The van der Waals surface area contributed by atoms with Crippen LogP contribution in [0.2, 0.25) is 0 Å². The summed E-state index contributed by atoms with van der Waals surface area (Å²) < 4.78 is 18.4. The van der Waals surface area contributed by atoms with Crippen molar-refractivity contribution in [2.75, 3.05) is 18.5 Å². The first-order valence-corrected chi connectivity index (χ1v) is 8.94. The molecule has 2 aliphatic heterocycles. The van der Waals surface area contributed by atoms with Gasteiger partial charge in [-0.15, -0.1) is 0 Å². The molecule has 140 valence electrons. The molecule has 0 spiro atoms. The Morgan fingerprint density at radius 3 is 2.93 bits per heavy atom. The molecule has 1 fully saturated rings. The van der Waals surface area contributed by atoms with Gasteiger partial charge in [-0.2, -0.15) is 0 Å². The summed E-state index contributed by atoms with van der Waals surface area (Å²) in [5.41, 5.74) is 1.45. The van der Waals surface area contributed by atoms with E-state index < -0.39 is 0 Å². The number of anilines is 1. The van der Waals surface area contributed by atoms with Gasteiger partial charge in [0.05, 0.1) is 5.56 Å². The number of ether oxygens (including phenoxy) is 1. The lowest BCUT2D eigenvalue weighted by Crippen LogP contribution is -2.46. The van der Waals surface area contributed by atoms with Gasteiger partial charge < -0.3 is 15.0 Å². The number of hydrogen-bond donors (Lipinski definition) is 1. The predicted octanol–water partition coefficient (Wildman–Crippen LogP) is 2.79. The molecule has 1 unspecified atom stereocenters. The number of halogens is 1. The summed E-state index contributed by atoms with van der Waals surface area (Å²) in [7, 11) is 0. The Hall–Kier alpha value is -2.96. The number of carbonyl (C=O) groups is 2. The third-order valence-corrected chi connectivity index (χ3v) is 5.20. The summed E-state index contributed by atoms with van der Waals surface area (Å²) in [6, 6.07) is 8.01. The van der Waals surface area contributed by atoms with Crippen molar-refractivity contribution in [1.82, 2.24) is 9.88 Å². The Morgan fingerprint density at radius 2 is 2.15 bits per heavy atom. The molecule has 0 aliphatic carbocycles. The van der Waals surface area contributed by atoms with Gasteiger partial charge in [0.1, 0.15) is 11.5 Å². The molecule has 2 amide bonds. The van der Waals surface area contributed by atoms with E-state index in [4.69, 9.17) is 4.74 Å². The molecule has 2 aromatic rings. The first kappa shape index (κ1) is 17.5. The highest BCUT2D eigenvalue weighted by Gasteiger charge is 2.40. The van der Waals surface area contributed by atoms with Crippen molar-refractivity contribution in [3.63, 3.8) is 0 Å². The van der Waals surface area contributed by atoms with E-state index >= 15 is 0 Å². The number of nitrogens with one attached hydrogen (secondary N) is 1. The standard InChI is InChI=1S/C20H20FN3O3/c1-20(10-13-3-5-15(21)6-4-13)7-2-8-24(20)19(26)14-9-16-18(22-11-14)27-12-17(25)23-16/h3-6,9,11H,2,7-8,10,12H2,1H3,(H,23,25). The van der Waals surface area contributed by atoms with E-state index in [1.165, 1.54) is 18.3 Å². The number of hydrogen-bond acceptors (Lipinski definition) is 4. The van der Waals surface area contributed by atoms with Crippen LogP contribution in [0.15, 0.2) is 36.5 Å². The van der Waals surface area contributed by atoms with Crippen molar-refractivity contribution in [3.05, 3.63) is 53.5 Å². The number of pyridine rings is 1. The highest BCUT2D eigenvalue weighted by Crippen LogP contribution is 2.34. The van der Waals surface area contributed by atoms with Crippen molar-refractivity contribution in [2.24, 2.45) is 0 Å². The number of amides is 2. The second kappa shape index (κ2) is 6.64. The highest BCUT2D eigenvalue weighted by molar-refractivity contribution is 5.99.